The third-order valence-electron chi connectivity index (χ3n) is 2.95. The summed E-state index contributed by atoms with van der Waals surface area (Å²) in [6, 6.07) is 4.81. The van der Waals surface area contributed by atoms with Crippen LogP contribution in [0.5, 0.6) is 0 Å². The van der Waals surface area contributed by atoms with E-state index < -0.39 is 6.43 Å². The van der Waals surface area contributed by atoms with E-state index in [0.29, 0.717) is 11.4 Å². The number of alkyl halides is 2. The minimum absolute atomic E-state index is 0.0164. The average Bonchev–Trinajstić information content (AvgIpc) is 2.31. The van der Waals surface area contributed by atoms with E-state index in [-0.39, 0.29) is 11.6 Å². The smallest absolute Gasteiger partial charge is 0.265 e. The molecular formula is C14H22F2N2. The molecule has 3 N–H and O–H groups in total. The standard InChI is InChI=1S/C14H22F2N2/c1-3-4-5-6-10(2)18-13-8-7-11(17)9-12(13)14(15)16/h7-10,14,18H,3-6,17H2,1-2H3. The molecule has 1 aromatic carbocycles. The summed E-state index contributed by atoms with van der Waals surface area (Å²) in [6.07, 6.45) is 1.94. The van der Waals surface area contributed by atoms with Crippen molar-refractivity contribution < 1.29 is 8.78 Å². The van der Waals surface area contributed by atoms with E-state index in [1.54, 1.807) is 12.1 Å². The average molecular weight is 256 g/mol. The third-order valence-corrected chi connectivity index (χ3v) is 2.95. The number of nitrogen functional groups attached to an aromatic ring is 1. The lowest BCUT2D eigenvalue weighted by Gasteiger charge is -2.18. The van der Waals surface area contributed by atoms with Crippen LogP contribution in [0.15, 0.2) is 18.2 Å². The molecule has 0 aliphatic rings. The van der Waals surface area contributed by atoms with Gasteiger partial charge in [-0.15, -0.1) is 0 Å². The Bertz CT molecular complexity index is 367. The Balaban J connectivity index is 2.65. The molecule has 0 aliphatic carbocycles. The van der Waals surface area contributed by atoms with Crippen molar-refractivity contribution in [2.24, 2.45) is 0 Å². The lowest BCUT2D eigenvalue weighted by atomic mass is 10.1. The molecule has 1 aromatic rings. The number of hydrogen-bond donors (Lipinski definition) is 2. The molecule has 18 heavy (non-hydrogen) atoms. The first-order valence-electron chi connectivity index (χ1n) is 6.48. The summed E-state index contributed by atoms with van der Waals surface area (Å²) in [5.41, 5.74) is 6.38. The summed E-state index contributed by atoms with van der Waals surface area (Å²) in [7, 11) is 0. The molecular weight excluding hydrogens is 234 g/mol. The fraction of sp³-hybridized carbons (Fsp3) is 0.571. The van der Waals surface area contributed by atoms with Crippen molar-refractivity contribution in [2.45, 2.75) is 52.0 Å². The van der Waals surface area contributed by atoms with Gasteiger partial charge in [-0.05, 0) is 31.5 Å². The molecule has 0 aromatic heterocycles. The van der Waals surface area contributed by atoms with Gasteiger partial charge in [-0.1, -0.05) is 26.2 Å². The summed E-state index contributed by atoms with van der Waals surface area (Å²) in [5.74, 6) is 0. The zero-order chi connectivity index (χ0) is 13.5. The molecule has 4 heteroatoms. The number of anilines is 2. The van der Waals surface area contributed by atoms with E-state index in [2.05, 4.69) is 12.2 Å². The van der Waals surface area contributed by atoms with Crippen LogP contribution in [-0.2, 0) is 0 Å². The van der Waals surface area contributed by atoms with Crippen LogP contribution in [-0.4, -0.2) is 6.04 Å². The maximum absolute atomic E-state index is 12.9. The van der Waals surface area contributed by atoms with Crippen LogP contribution in [0.2, 0.25) is 0 Å². The molecule has 0 bridgehead atoms. The van der Waals surface area contributed by atoms with Crippen molar-refractivity contribution in [1.82, 2.24) is 0 Å². The van der Waals surface area contributed by atoms with Crippen LogP contribution >= 0.6 is 0 Å². The molecule has 2 nitrogen and oxygen atoms in total. The molecule has 1 unspecified atom stereocenters. The molecule has 0 fully saturated rings. The van der Waals surface area contributed by atoms with E-state index in [4.69, 9.17) is 5.73 Å². The molecule has 0 aliphatic heterocycles. The number of hydrogen-bond acceptors (Lipinski definition) is 2. The Morgan fingerprint density at radius 3 is 2.61 bits per heavy atom. The van der Waals surface area contributed by atoms with Crippen molar-refractivity contribution in [2.75, 3.05) is 11.1 Å². The van der Waals surface area contributed by atoms with Gasteiger partial charge in [0.15, 0.2) is 0 Å². The highest BCUT2D eigenvalue weighted by Crippen LogP contribution is 2.29. The first-order chi connectivity index (χ1) is 8.54. The first kappa shape index (κ1) is 14.7. The number of unbranched alkanes of at least 4 members (excludes halogenated alkanes) is 2. The van der Waals surface area contributed by atoms with Gasteiger partial charge < -0.3 is 11.1 Å². The molecule has 0 saturated carbocycles. The Morgan fingerprint density at radius 2 is 2.00 bits per heavy atom. The normalized spacial score (nSPS) is 12.7. The lowest BCUT2D eigenvalue weighted by molar-refractivity contribution is 0.152. The second-order valence-electron chi connectivity index (χ2n) is 4.69. The molecule has 1 atom stereocenters. The highest BCUT2D eigenvalue weighted by atomic mass is 19.3. The van der Waals surface area contributed by atoms with Gasteiger partial charge in [-0.2, -0.15) is 0 Å². The van der Waals surface area contributed by atoms with Crippen LogP contribution in [0.3, 0.4) is 0 Å². The Morgan fingerprint density at radius 1 is 1.28 bits per heavy atom. The largest absolute Gasteiger partial charge is 0.399 e. The van der Waals surface area contributed by atoms with Crippen molar-refractivity contribution >= 4 is 11.4 Å². The lowest BCUT2D eigenvalue weighted by Crippen LogP contribution is -2.16. The quantitative estimate of drug-likeness (QED) is 0.553. The topological polar surface area (TPSA) is 38.0 Å². The predicted octanol–water partition coefficient (Wildman–Crippen LogP) is 4.59. The molecule has 1 rings (SSSR count). The number of rotatable bonds is 7. The number of halogens is 2. The SMILES string of the molecule is CCCCCC(C)Nc1ccc(N)cc1C(F)F. The summed E-state index contributed by atoms with van der Waals surface area (Å²) in [5, 5.41) is 3.14. The van der Waals surface area contributed by atoms with E-state index in [1.165, 1.54) is 12.5 Å². The minimum Gasteiger partial charge on any atom is -0.399 e. The molecule has 0 amide bonds. The Hall–Kier alpha value is -1.32. The third kappa shape index (κ3) is 4.51. The van der Waals surface area contributed by atoms with Crippen LogP contribution in [0.25, 0.3) is 0 Å². The van der Waals surface area contributed by atoms with E-state index in [1.807, 2.05) is 6.92 Å². The summed E-state index contributed by atoms with van der Waals surface area (Å²) >= 11 is 0. The fourth-order valence-electron chi connectivity index (χ4n) is 1.93. The molecule has 0 radical (unpaired) electrons. The highest BCUT2D eigenvalue weighted by Gasteiger charge is 2.14. The maximum atomic E-state index is 12.9. The monoisotopic (exact) mass is 256 g/mol. The summed E-state index contributed by atoms with van der Waals surface area (Å²) in [6.45, 7) is 4.16. The van der Waals surface area contributed by atoms with Gasteiger partial charge in [0.25, 0.3) is 6.43 Å². The minimum atomic E-state index is -2.50. The van der Waals surface area contributed by atoms with E-state index >= 15 is 0 Å². The van der Waals surface area contributed by atoms with Crippen LogP contribution < -0.4 is 11.1 Å². The fourth-order valence-corrected chi connectivity index (χ4v) is 1.93. The van der Waals surface area contributed by atoms with Gasteiger partial charge >= 0.3 is 0 Å². The molecule has 0 spiro atoms. The number of nitrogens with one attached hydrogen (secondary N) is 1. The maximum Gasteiger partial charge on any atom is 0.265 e. The predicted molar refractivity (Wildman–Crippen MR) is 73.0 cm³/mol. The first-order valence-corrected chi connectivity index (χ1v) is 6.48. The van der Waals surface area contributed by atoms with Crippen LogP contribution in [0.1, 0.15) is 51.5 Å². The van der Waals surface area contributed by atoms with Crippen LogP contribution in [0.4, 0.5) is 20.2 Å². The van der Waals surface area contributed by atoms with Gasteiger partial charge in [0.1, 0.15) is 0 Å². The molecule has 0 saturated heterocycles. The zero-order valence-electron chi connectivity index (χ0n) is 11.0. The highest BCUT2D eigenvalue weighted by molar-refractivity contribution is 5.59. The van der Waals surface area contributed by atoms with Crippen molar-refractivity contribution in [3.63, 3.8) is 0 Å². The number of nitrogens with two attached hydrogens (primary N) is 1. The summed E-state index contributed by atoms with van der Waals surface area (Å²) < 4.78 is 25.7. The second kappa shape index (κ2) is 7.19. The van der Waals surface area contributed by atoms with Gasteiger partial charge in [-0.25, -0.2) is 8.78 Å². The molecule has 0 heterocycles. The van der Waals surface area contributed by atoms with Gasteiger partial charge in [0.05, 0.1) is 0 Å². The van der Waals surface area contributed by atoms with Crippen molar-refractivity contribution in [1.29, 1.82) is 0 Å². The van der Waals surface area contributed by atoms with Crippen LogP contribution in [0, 0.1) is 0 Å². The second-order valence-corrected chi connectivity index (χ2v) is 4.69. The zero-order valence-corrected chi connectivity index (χ0v) is 11.0. The van der Waals surface area contributed by atoms with Gasteiger partial charge in [0.2, 0.25) is 0 Å². The number of benzene rings is 1. The Kier molecular flexibility index (Phi) is 5.89. The van der Waals surface area contributed by atoms with Crippen molar-refractivity contribution in [3.05, 3.63) is 23.8 Å². The van der Waals surface area contributed by atoms with Gasteiger partial charge in [0, 0.05) is 23.0 Å². The Labute approximate surface area is 108 Å². The van der Waals surface area contributed by atoms with E-state index in [0.717, 1.165) is 19.3 Å². The van der Waals surface area contributed by atoms with Crippen molar-refractivity contribution in [3.8, 4) is 0 Å². The van der Waals surface area contributed by atoms with Gasteiger partial charge in [-0.3, -0.25) is 0 Å². The summed E-state index contributed by atoms with van der Waals surface area (Å²) in [4.78, 5) is 0. The molecule has 102 valence electrons. The van der Waals surface area contributed by atoms with E-state index in [9.17, 15) is 8.78 Å².